The summed E-state index contributed by atoms with van der Waals surface area (Å²) in [6, 6.07) is 0. The molecule has 3 nitrogen and oxygen atoms in total. The summed E-state index contributed by atoms with van der Waals surface area (Å²) >= 11 is 0. The molecule has 1 saturated carbocycles. The first-order valence-corrected chi connectivity index (χ1v) is 2.44. The molecule has 1 aliphatic carbocycles. The van der Waals surface area contributed by atoms with E-state index < -0.39 is 5.97 Å². The molecule has 1 fully saturated rings. The van der Waals surface area contributed by atoms with E-state index in [1.165, 1.54) is 0 Å². The zero-order valence-corrected chi connectivity index (χ0v) is 4.20. The number of aliphatic carboxylic acids is 1. The second-order valence-electron chi connectivity index (χ2n) is 1.98. The van der Waals surface area contributed by atoms with Crippen LogP contribution >= 0.6 is 0 Å². The van der Waals surface area contributed by atoms with E-state index in [9.17, 15) is 9.59 Å². The van der Waals surface area contributed by atoms with Crippen LogP contribution in [0.25, 0.3) is 0 Å². The largest absolute Gasteiger partial charge is 0.481 e. The summed E-state index contributed by atoms with van der Waals surface area (Å²) in [7, 11) is 0. The molecule has 0 aromatic heterocycles. The molecule has 3 heteroatoms. The predicted octanol–water partition coefficient (Wildman–Crippen LogP) is -0.0940. The number of rotatable bonds is 2. The summed E-state index contributed by atoms with van der Waals surface area (Å²) in [5.74, 6) is -1.40. The third-order valence-corrected chi connectivity index (χ3v) is 1.33. The SMILES string of the molecule is O=C[C@@H]1C[C@@H]1C(=O)O. The fourth-order valence-corrected chi connectivity index (χ4v) is 0.649. The molecule has 0 heterocycles. The summed E-state index contributed by atoms with van der Waals surface area (Å²) in [4.78, 5) is 19.8. The first-order valence-electron chi connectivity index (χ1n) is 2.44. The highest BCUT2D eigenvalue weighted by Gasteiger charge is 2.42. The molecule has 0 radical (unpaired) electrons. The molecule has 1 rings (SSSR count). The molecule has 1 aliphatic rings. The molecule has 0 spiro atoms. The van der Waals surface area contributed by atoms with Crippen molar-refractivity contribution in [3.8, 4) is 0 Å². The lowest BCUT2D eigenvalue weighted by Crippen LogP contribution is -1.99. The Morgan fingerprint density at radius 2 is 2.38 bits per heavy atom. The number of hydrogen-bond donors (Lipinski definition) is 1. The summed E-state index contributed by atoms with van der Waals surface area (Å²) in [6.45, 7) is 0. The summed E-state index contributed by atoms with van der Waals surface area (Å²) < 4.78 is 0. The van der Waals surface area contributed by atoms with Gasteiger partial charge in [0, 0.05) is 5.92 Å². The summed E-state index contributed by atoms with van der Waals surface area (Å²) in [5, 5.41) is 8.20. The Hall–Kier alpha value is -0.860. The van der Waals surface area contributed by atoms with Gasteiger partial charge in [-0.05, 0) is 6.42 Å². The van der Waals surface area contributed by atoms with Crippen molar-refractivity contribution in [3.63, 3.8) is 0 Å². The van der Waals surface area contributed by atoms with E-state index in [-0.39, 0.29) is 11.8 Å². The van der Waals surface area contributed by atoms with Crippen LogP contribution in [0, 0.1) is 11.8 Å². The normalized spacial score (nSPS) is 34.0. The number of carbonyl (C=O) groups excluding carboxylic acids is 1. The van der Waals surface area contributed by atoms with Crippen LogP contribution in [-0.2, 0) is 9.59 Å². The smallest absolute Gasteiger partial charge is 0.307 e. The van der Waals surface area contributed by atoms with Gasteiger partial charge >= 0.3 is 5.97 Å². The standard InChI is InChI=1S/C5H6O3/c6-2-3-1-4(3)5(7)8/h2-4H,1H2,(H,7,8)/t3-,4-/m0/s1. The van der Waals surface area contributed by atoms with Crippen LogP contribution in [0.15, 0.2) is 0 Å². The van der Waals surface area contributed by atoms with Crippen LogP contribution < -0.4 is 0 Å². The Morgan fingerprint density at radius 1 is 1.75 bits per heavy atom. The molecule has 0 aromatic carbocycles. The predicted molar refractivity (Wildman–Crippen MR) is 25.3 cm³/mol. The topological polar surface area (TPSA) is 54.4 Å². The third kappa shape index (κ3) is 0.710. The van der Waals surface area contributed by atoms with Crippen molar-refractivity contribution in [2.45, 2.75) is 6.42 Å². The molecular formula is C5H6O3. The molecule has 0 unspecified atom stereocenters. The highest BCUT2D eigenvalue weighted by molar-refractivity contribution is 5.80. The van der Waals surface area contributed by atoms with Crippen molar-refractivity contribution < 1.29 is 14.7 Å². The second-order valence-corrected chi connectivity index (χ2v) is 1.98. The Balaban J connectivity index is 2.36. The molecule has 44 valence electrons. The van der Waals surface area contributed by atoms with E-state index in [0.717, 1.165) is 0 Å². The lowest BCUT2D eigenvalue weighted by atomic mass is 10.3. The second kappa shape index (κ2) is 1.58. The van der Waals surface area contributed by atoms with Gasteiger partial charge in [-0.2, -0.15) is 0 Å². The maximum atomic E-state index is 9.97. The highest BCUT2D eigenvalue weighted by atomic mass is 16.4. The minimum atomic E-state index is -0.845. The Bertz CT molecular complexity index is 130. The molecule has 2 atom stereocenters. The van der Waals surface area contributed by atoms with Crippen LogP contribution in [0.1, 0.15) is 6.42 Å². The minimum absolute atomic E-state index is 0.188. The number of hydrogen-bond acceptors (Lipinski definition) is 2. The van der Waals surface area contributed by atoms with Gasteiger partial charge in [-0.1, -0.05) is 0 Å². The van der Waals surface area contributed by atoms with Gasteiger partial charge in [0.2, 0.25) is 0 Å². The van der Waals surface area contributed by atoms with E-state index in [0.29, 0.717) is 12.7 Å². The van der Waals surface area contributed by atoms with Crippen molar-refractivity contribution in [2.24, 2.45) is 11.8 Å². The van der Waals surface area contributed by atoms with E-state index in [4.69, 9.17) is 5.11 Å². The molecule has 0 bridgehead atoms. The first kappa shape index (κ1) is 5.28. The van der Waals surface area contributed by atoms with Gasteiger partial charge in [0.25, 0.3) is 0 Å². The number of carboxylic acid groups (broad SMARTS) is 1. The summed E-state index contributed by atoms with van der Waals surface area (Å²) in [6.07, 6.45) is 1.25. The van der Waals surface area contributed by atoms with Gasteiger partial charge < -0.3 is 9.90 Å². The molecule has 8 heavy (non-hydrogen) atoms. The highest BCUT2D eigenvalue weighted by Crippen LogP contribution is 2.36. The van der Waals surface area contributed by atoms with Crippen molar-refractivity contribution >= 4 is 12.3 Å². The van der Waals surface area contributed by atoms with Gasteiger partial charge in [0.15, 0.2) is 0 Å². The monoisotopic (exact) mass is 114 g/mol. The van der Waals surface area contributed by atoms with E-state index in [1.54, 1.807) is 0 Å². The van der Waals surface area contributed by atoms with Gasteiger partial charge in [-0.3, -0.25) is 4.79 Å². The first-order chi connectivity index (χ1) is 3.75. The molecule has 0 aliphatic heterocycles. The van der Waals surface area contributed by atoms with Gasteiger partial charge in [0.05, 0.1) is 5.92 Å². The van der Waals surface area contributed by atoms with Gasteiger partial charge in [-0.25, -0.2) is 0 Å². The molecule has 0 amide bonds. The minimum Gasteiger partial charge on any atom is -0.481 e. The number of aldehydes is 1. The van der Waals surface area contributed by atoms with Crippen molar-refractivity contribution in [2.75, 3.05) is 0 Å². The van der Waals surface area contributed by atoms with Crippen molar-refractivity contribution in [1.29, 1.82) is 0 Å². The quantitative estimate of drug-likeness (QED) is 0.510. The van der Waals surface area contributed by atoms with Crippen LogP contribution in [0.4, 0.5) is 0 Å². The lowest BCUT2D eigenvalue weighted by molar-refractivity contribution is -0.139. The Labute approximate surface area is 46.3 Å². The zero-order valence-electron chi connectivity index (χ0n) is 4.20. The van der Waals surface area contributed by atoms with Crippen LogP contribution in [0.3, 0.4) is 0 Å². The van der Waals surface area contributed by atoms with Crippen molar-refractivity contribution in [3.05, 3.63) is 0 Å². The van der Waals surface area contributed by atoms with Crippen LogP contribution in [0.5, 0.6) is 0 Å². The summed E-state index contributed by atoms with van der Waals surface area (Å²) in [5.41, 5.74) is 0. The molecule has 0 aromatic rings. The maximum Gasteiger partial charge on any atom is 0.307 e. The molecule has 0 saturated heterocycles. The van der Waals surface area contributed by atoms with E-state index in [2.05, 4.69) is 0 Å². The fraction of sp³-hybridized carbons (Fsp3) is 0.600. The molecule has 1 N–H and O–H groups in total. The number of carbonyl (C=O) groups is 2. The van der Waals surface area contributed by atoms with E-state index >= 15 is 0 Å². The van der Waals surface area contributed by atoms with Crippen molar-refractivity contribution in [1.82, 2.24) is 0 Å². The molecular weight excluding hydrogens is 108 g/mol. The van der Waals surface area contributed by atoms with Gasteiger partial charge in [-0.15, -0.1) is 0 Å². The third-order valence-electron chi connectivity index (χ3n) is 1.33. The lowest BCUT2D eigenvalue weighted by Gasteiger charge is -1.79. The van der Waals surface area contributed by atoms with Crippen LogP contribution in [-0.4, -0.2) is 17.4 Å². The fourth-order valence-electron chi connectivity index (χ4n) is 0.649. The number of carboxylic acids is 1. The average Bonchev–Trinajstić information content (AvgIpc) is 2.42. The van der Waals surface area contributed by atoms with Gasteiger partial charge in [0.1, 0.15) is 6.29 Å². The Kier molecular flexibility index (Phi) is 1.04. The zero-order chi connectivity index (χ0) is 6.15. The van der Waals surface area contributed by atoms with Crippen LogP contribution in [0.2, 0.25) is 0 Å². The van der Waals surface area contributed by atoms with E-state index in [1.807, 2.05) is 0 Å². The Morgan fingerprint density at radius 3 is 2.50 bits per heavy atom. The maximum absolute atomic E-state index is 9.97. The average molecular weight is 114 g/mol.